The van der Waals surface area contributed by atoms with E-state index in [0.717, 1.165) is 11.3 Å². The highest BCUT2D eigenvalue weighted by atomic mass is 16.5. The fraction of sp³-hybridized carbons (Fsp3) is 0.429. The Kier molecular flexibility index (Phi) is 7.18. The van der Waals surface area contributed by atoms with Gasteiger partial charge in [0.15, 0.2) is 5.69 Å². The number of anilines is 1. The van der Waals surface area contributed by atoms with Crippen LogP contribution in [0.4, 0.5) is 5.69 Å². The standard InChI is InChI=1S/C21H27N5O4/c1-25-17-10-12-26(19(28)9-8-18(27)22-11-13-30-2)14-16(17)20(24-25)21(29)23-15-6-4-3-5-7-15/h3-7H,8-14H2,1-2H3,(H,22,27)(H,23,29). The Bertz CT molecular complexity index is 910. The highest BCUT2D eigenvalue weighted by molar-refractivity contribution is 6.04. The number of hydrogen-bond donors (Lipinski definition) is 2. The summed E-state index contributed by atoms with van der Waals surface area (Å²) < 4.78 is 6.59. The van der Waals surface area contributed by atoms with E-state index in [1.165, 1.54) is 0 Å². The van der Waals surface area contributed by atoms with Crippen molar-refractivity contribution in [1.82, 2.24) is 20.0 Å². The van der Waals surface area contributed by atoms with Gasteiger partial charge in [-0.3, -0.25) is 19.1 Å². The largest absolute Gasteiger partial charge is 0.383 e. The Labute approximate surface area is 175 Å². The number of rotatable bonds is 8. The second-order valence-corrected chi connectivity index (χ2v) is 7.13. The second kappa shape index (κ2) is 10.0. The summed E-state index contributed by atoms with van der Waals surface area (Å²) >= 11 is 0. The number of methoxy groups -OCH3 is 1. The number of hydrogen-bond acceptors (Lipinski definition) is 5. The molecule has 1 aromatic heterocycles. The number of fused-ring (bicyclic) bond motifs is 1. The molecule has 160 valence electrons. The van der Waals surface area contributed by atoms with Crippen molar-refractivity contribution in [2.24, 2.45) is 7.05 Å². The molecule has 1 aliphatic heterocycles. The van der Waals surface area contributed by atoms with E-state index in [2.05, 4.69) is 15.7 Å². The van der Waals surface area contributed by atoms with E-state index in [0.29, 0.717) is 44.0 Å². The number of carbonyl (C=O) groups is 3. The highest BCUT2D eigenvalue weighted by Crippen LogP contribution is 2.23. The Hall–Kier alpha value is -3.20. The van der Waals surface area contributed by atoms with Gasteiger partial charge in [0.25, 0.3) is 5.91 Å². The van der Waals surface area contributed by atoms with E-state index in [4.69, 9.17) is 4.74 Å². The van der Waals surface area contributed by atoms with Crippen LogP contribution in [0.5, 0.6) is 0 Å². The fourth-order valence-corrected chi connectivity index (χ4v) is 3.46. The van der Waals surface area contributed by atoms with Crippen molar-refractivity contribution in [2.75, 3.05) is 32.1 Å². The molecule has 0 aliphatic carbocycles. The van der Waals surface area contributed by atoms with Gasteiger partial charge in [0.2, 0.25) is 11.8 Å². The number of aromatic nitrogens is 2. The van der Waals surface area contributed by atoms with Gasteiger partial charge >= 0.3 is 0 Å². The average Bonchev–Trinajstić information content (AvgIpc) is 3.09. The molecule has 2 aromatic rings. The number of benzene rings is 1. The number of aryl methyl sites for hydroxylation is 1. The number of amides is 3. The van der Waals surface area contributed by atoms with Crippen LogP contribution < -0.4 is 10.6 Å². The van der Waals surface area contributed by atoms with Gasteiger partial charge < -0.3 is 20.3 Å². The number of nitrogens with zero attached hydrogens (tertiary/aromatic N) is 3. The van der Waals surface area contributed by atoms with Crippen molar-refractivity contribution >= 4 is 23.4 Å². The smallest absolute Gasteiger partial charge is 0.276 e. The van der Waals surface area contributed by atoms with Gasteiger partial charge in [0, 0.05) is 70.0 Å². The lowest BCUT2D eigenvalue weighted by Gasteiger charge is -2.27. The van der Waals surface area contributed by atoms with Crippen LogP contribution in [0, 0.1) is 0 Å². The number of para-hydroxylation sites is 1. The van der Waals surface area contributed by atoms with Crippen LogP contribution in [0.25, 0.3) is 0 Å². The van der Waals surface area contributed by atoms with Crippen molar-refractivity contribution in [3.8, 4) is 0 Å². The molecule has 3 amide bonds. The van der Waals surface area contributed by atoms with E-state index in [-0.39, 0.29) is 30.6 Å². The third-order valence-corrected chi connectivity index (χ3v) is 5.04. The third-order valence-electron chi connectivity index (χ3n) is 5.04. The maximum Gasteiger partial charge on any atom is 0.276 e. The predicted octanol–water partition coefficient (Wildman–Crippen LogP) is 1.10. The molecule has 0 bridgehead atoms. The molecule has 2 heterocycles. The van der Waals surface area contributed by atoms with Gasteiger partial charge in [-0.05, 0) is 12.1 Å². The lowest BCUT2D eigenvalue weighted by Crippen LogP contribution is -2.37. The SMILES string of the molecule is COCCNC(=O)CCC(=O)N1CCc2c(c(C(=O)Nc3ccccc3)nn2C)C1. The normalized spacial score (nSPS) is 12.9. The minimum absolute atomic E-state index is 0.110. The van der Waals surface area contributed by atoms with Crippen LogP contribution in [0.2, 0.25) is 0 Å². The van der Waals surface area contributed by atoms with Gasteiger partial charge in [0.1, 0.15) is 0 Å². The summed E-state index contributed by atoms with van der Waals surface area (Å²) in [7, 11) is 3.37. The van der Waals surface area contributed by atoms with E-state index in [1.807, 2.05) is 18.2 Å². The van der Waals surface area contributed by atoms with Crippen molar-refractivity contribution < 1.29 is 19.1 Å². The number of carbonyl (C=O) groups excluding carboxylic acids is 3. The first-order valence-electron chi connectivity index (χ1n) is 9.94. The van der Waals surface area contributed by atoms with Gasteiger partial charge in [-0.15, -0.1) is 0 Å². The summed E-state index contributed by atoms with van der Waals surface area (Å²) in [6.07, 6.45) is 0.865. The van der Waals surface area contributed by atoms with E-state index in [1.54, 1.807) is 35.9 Å². The molecule has 0 spiro atoms. The summed E-state index contributed by atoms with van der Waals surface area (Å²) in [5.74, 6) is -0.590. The molecule has 0 unspecified atom stereocenters. The topological polar surface area (TPSA) is 106 Å². The van der Waals surface area contributed by atoms with Crippen molar-refractivity contribution in [3.05, 3.63) is 47.3 Å². The summed E-state index contributed by atoms with van der Waals surface area (Å²) in [6.45, 7) is 1.71. The van der Waals surface area contributed by atoms with Crippen LogP contribution in [0.1, 0.15) is 34.6 Å². The molecule has 3 rings (SSSR count). The maximum absolute atomic E-state index is 12.8. The van der Waals surface area contributed by atoms with Gasteiger partial charge in [0.05, 0.1) is 6.61 Å². The zero-order valence-electron chi connectivity index (χ0n) is 17.3. The fourth-order valence-electron chi connectivity index (χ4n) is 3.46. The Morgan fingerprint density at radius 2 is 1.93 bits per heavy atom. The molecular weight excluding hydrogens is 386 g/mol. The van der Waals surface area contributed by atoms with Gasteiger partial charge in [-0.1, -0.05) is 18.2 Å². The minimum Gasteiger partial charge on any atom is -0.383 e. The molecule has 30 heavy (non-hydrogen) atoms. The minimum atomic E-state index is -0.301. The molecule has 0 radical (unpaired) electrons. The first kappa shape index (κ1) is 21.5. The maximum atomic E-state index is 12.8. The van der Waals surface area contributed by atoms with Crippen LogP contribution in [0.15, 0.2) is 30.3 Å². The number of nitrogens with one attached hydrogen (secondary N) is 2. The lowest BCUT2D eigenvalue weighted by molar-refractivity contribution is -0.134. The Morgan fingerprint density at radius 1 is 1.17 bits per heavy atom. The average molecular weight is 413 g/mol. The molecule has 0 saturated carbocycles. The van der Waals surface area contributed by atoms with Crippen LogP contribution in [0.3, 0.4) is 0 Å². The van der Waals surface area contributed by atoms with E-state index in [9.17, 15) is 14.4 Å². The first-order chi connectivity index (χ1) is 14.5. The van der Waals surface area contributed by atoms with Crippen LogP contribution >= 0.6 is 0 Å². The summed E-state index contributed by atoms with van der Waals surface area (Å²) in [6, 6.07) is 9.17. The summed E-state index contributed by atoms with van der Waals surface area (Å²) in [4.78, 5) is 38.9. The lowest BCUT2D eigenvalue weighted by atomic mass is 10.0. The predicted molar refractivity (Wildman–Crippen MR) is 111 cm³/mol. The van der Waals surface area contributed by atoms with E-state index < -0.39 is 0 Å². The molecule has 1 aliphatic rings. The third kappa shape index (κ3) is 5.24. The van der Waals surface area contributed by atoms with Crippen LogP contribution in [-0.2, 0) is 34.3 Å². The molecular formula is C21H27N5O4. The molecule has 0 saturated heterocycles. The first-order valence-corrected chi connectivity index (χ1v) is 9.94. The monoisotopic (exact) mass is 413 g/mol. The molecule has 0 atom stereocenters. The zero-order valence-corrected chi connectivity index (χ0v) is 17.3. The van der Waals surface area contributed by atoms with Crippen molar-refractivity contribution in [3.63, 3.8) is 0 Å². The number of ether oxygens (including phenoxy) is 1. The Balaban J connectivity index is 1.62. The molecule has 9 nitrogen and oxygen atoms in total. The summed E-state index contributed by atoms with van der Waals surface area (Å²) in [5, 5.41) is 9.94. The van der Waals surface area contributed by atoms with Crippen LogP contribution in [-0.4, -0.2) is 59.2 Å². The van der Waals surface area contributed by atoms with Crippen molar-refractivity contribution in [1.29, 1.82) is 0 Å². The molecule has 9 heteroatoms. The molecule has 0 fully saturated rings. The van der Waals surface area contributed by atoms with Gasteiger partial charge in [-0.25, -0.2) is 0 Å². The highest BCUT2D eigenvalue weighted by Gasteiger charge is 2.29. The van der Waals surface area contributed by atoms with E-state index >= 15 is 0 Å². The second-order valence-electron chi connectivity index (χ2n) is 7.13. The zero-order chi connectivity index (χ0) is 21.5. The quantitative estimate of drug-likeness (QED) is 0.631. The summed E-state index contributed by atoms with van der Waals surface area (Å²) in [5.41, 5.74) is 2.72. The molecule has 2 N–H and O–H groups in total. The van der Waals surface area contributed by atoms with Crippen molar-refractivity contribution in [2.45, 2.75) is 25.8 Å². The Morgan fingerprint density at radius 3 is 2.67 bits per heavy atom. The molecule has 1 aromatic carbocycles. The van der Waals surface area contributed by atoms with Gasteiger partial charge in [-0.2, -0.15) is 5.10 Å².